The van der Waals surface area contributed by atoms with E-state index in [4.69, 9.17) is 5.73 Å². The molecule has 0 spiro atoms. The molecule has 1 rings (SSSR count). The normalized spacial score (nSPS) is 12.5. The fourth-order valence-corrected chi connectivity index (χ4v) is 1.52. The molecular formula is C14H22ClFN2O. The van der Waals surface area contributed by atoms with Gasteiger partial charge in [-0.25, -0.2) is 4.39 Å². The van der Waals surface area contributed by atoms with Crippen LogP contribution >= 0.6 is 12.4 Å². The second-order valence-electron chi connectivity index (χ2n) is 5.48. The molecule has 0 radical (unpaired) electrons. The van der Waals surface area contributed by atoms with E-state index in [1.54, 1.807) is 18.2 Å². The van der Waals surface area contributed by atoms with Crippen molar-refractivity contribution in [2.24, 2.45) is 11.1 Å². The Bertz CT molecular complexity index is 418. The predicted molar refractivity (Wildman–Crippen MR) is 77.8 cm³/mol. The van der Waals surface area contributed by atoms with Crippen molar-refractivity contribution in [3.8, 4) is 0 Å². The largest absolute Gasteiger partial charge is 0.354 e. The molecule has 0 aromatic heterocycles. The van der Waals surface area contributed by atoms with Crippen LogP contribution in [0.2, 0.25) is 0 Å². The number of carbonyl (C=O) groups is 1. The topological polar surface area (TPSA) is 55.1 Å². The maximum atomic E-state index is 13.3. The number of hydrogen-bond acceptors (Lipinski definition) is 2. The van der Waals surface area contributed by atoms with Crippen molar-refractivity contribution in [2.75, 3.05) is 6.54 Å². The maximum absolute atomic E-state index is 13.3. The Morgan fingerprint density at radius 2 is 1.95 bits per heavy atom. The molecule has 0 aliphatic carbocycles. The van der Waals surface area contributed by atoms with Crippen LogP contribution in [-0.4, -0.2) is 18.5 Å². The second kappa shape index (κ2) is 7.46. The van der Waals surface area contributed by atoms with Crippen LogP contribution < -0.4 is 11.1 Å². The molecule has 0 bridgehead atoms. The summed E-state index contributed by atoms with van der Waals surface area (Å²) in [5.41, 5.74) is 6.14. The summed E-state index contributed by atoms with van der Waals surface area (Å²) < 4.78 is 13.3. The maximum Gasteiger partial charge on any atom is 0.237 e. The van der Waals surface area contributed by atoms with E-state index < -0.39 is 6.04 Å². The number of nitrogens with two attached hydrogens (primary N) is 1. The third-order valence-electron chi connectivity index (χ3n) is 2.87. The van der Waals surface area contributed by atoms with Crippen molar-refractivity contribution in [1.82, 2.24) is 5.32 Å². The van der Waals surface area contributed by atoms with Gasteiger partial charge in [-0.3, -0.25) is 4.79 Å². The van der Waals surface area contributed by atoms with Crippen molar-refractivity contribution in [1.29, 1.82) is 0 Å². The van der Waals surface area contributed by atoms with E-state index in [9.17, 15) is 9.18 Å². The highest BCUT2D eigenvalue weighted by molar-refractivity contribution is 5.85. The first-order valence-corrected chi connectivity index (χ1v) is 6.09. The average Bonchev–Trinajstić information content (AvgIpc) is 2.29. The van der Waals surface area contributed by atoms with Gasteiger partial charge in [0.25, 0.3) is 0 Å². The molecule has 0 aliphatic rings. The van der Waals surface area contributed by atoms with Crippen LogP contribution in [-0.2, 0) is 11.2 Å². The number of nitrogens with one attached hydrogen (secondary N) is 1. The van der Waals surface area contributed by atoms with Gasteiger partial charge >= 0.3 is 0 Å². The smallest absolute Gasteiger partial charge is 0.237 e. The standard InChI is InChI=1S/C14H21FN2O.ClH/c1-14(2,3)12(16)13(18)17-9-8-10-6-4-5-7-11(10)15;/h4-7,12H,8-9,16H2,1-3H3,(H,17,18);1H/t12-;/m1./s1. The molecule has 0 unspecified atom stereocenters. The van der Waals surface area contributed by atoms with Crippen LogP contribution in [0.5, 0.6) is 0 Å². The lowest BCUT2D eigenvalue weighted by Gasteiger charge is -2.25. The van der Waals surface area contributed by atoms with Gasteiger partial charge in [-0.15, -0.1) is 12.4 Å². The van der Waals surface area contributed by atoms with E-state index in [0.717, 1.165) is 0 Å². The Morgan fingerprint density at radius 3 is 2.47 bits per heavy atom. The number of carbonyl (C=O) groups excluding carboxylic acids is 1. The Balaban J connectivity index is 0.00000324. The van der Waals surface area contributed by atoms with Gasteiger partial charge in [-0.05, 0) is 23.5 Å². The summed E-state index contributed by atoms with van der Waals surface area (Å²) in [7, 11) is 0. The van der Waals surface area contributed by atoms with Gasteiger partial charge in [0.05, 0.1) is 6.04 Å². The molecule has 0 fully saturated rings. The van der Waals surface area contributed by atoms with E-state index in [2.05, 4.69) is 5.32 Å². The van der Waals surface area contributed by atoms with Crippen LogP contribution in [0.15, 0.2) is 24.3 Å². The third kappa shape index (κ3) is 5.57. The minimum atomic E-state index is -0.557. The monoisotopic (exact) mass is 288 g/mol. The molecule has 1 aromatic rings. The number of halogens is 2. The van der Waals surface area contributed by atoms with E-state index >= 15 is 0 Å². The van der Waals surface area contributed by atoms with Gasteiger partial charge in [-0.2, -0.15) is 0 Å². The molecule has 0 heterocycles. The summed E-state index contributed by atoms with van der Waals surface area (Å²) in [6.07, 6.45) is 0.468. The highest BCUT2D eigenvalue weighted by atomic mass is 35.5. The summed E-state index contributed by atoms with van der Waals surface area (Å²) in [6.45, 7) is 6.12. The summed E-state index contributed by atoms with van der Waals surface area (Å²) in [4.78, 5) is 11.7. The molecule has 108 valence electrons. The van der Waals surface area contributed by atoms with Crippen molar-refractivity contribution in [3.63, 3.8) is 0 Å². The zero-order valence-corrected chi connectivity index (χ0v) is 12.4. The molecule has 0 aliphatic heterocycles. The molecular weight excluding hydrogens is 267 g/mol. The van der Waals surface area contributed by atoms with E-state index in [0.29, 0.717) is 18.5 Å². The first kappa shape index (κ1) is 17.9. The van der Waals surface area contributed by atoms with Crippen molar-refractivity contribution in [2.45, 2.75) is 33.2 Å². The fraction of sp³-hybridized carbons (Fsp3) is 0.500. The minimum absolute atomic E-state index is 0. The fourth-order valence-electron chi connectivity index (χ4n) is 1.52. The molecule has 1 atom stereocenters. The number of amides is 1. The molecule has 0 saturated carbocycles. The van der Waals surface area contributed by atoms with Crippen molar-refractivity contribution in [3.05, 3.63) is 35.6 Å². The molecule has 0 saturated heterocycles. The predicted octanol–water partition coefficient (Wildman–Crippen LogP) is 2.28. The van der Waals surface area contributed by atoms with Crippen molar-refractivity contribution < 1.29 is 9.18 Å². The van der Waals surface area contributed by atoms with E-state index in [1.807, 2.05) is 20.8 Å². The van der Waals surface area contributed by atoms with Gasteiger partial charge in [0, 0.05) is 6.54 Å². The SMILES string of the molecule is CC(C)(C)[C@H](N)C(=O)NCCc1ccccc1F.Cl. The van der Waals surface area contributed by atoms with Crippen LogP contribution in [0.3, 0.4) is 0 Å². The lowest BCUT2D eigenvalue weighted by Crippen LogP contribution is -2.49. The molecule has 5 heteroatoms. The molecule has 3 nitrogen and oxygen atoms in total. The van der Waals surface area contributed by atoms with Gasteiger partial charge in [0.2, 0.25) is 5.91 Å². The third-order valence-corrected chi connectivity index (χ3v) is 2.87. The minimum Gasteiger partial charge on any atom is -0.354 e. The van der Waals surface area contributed by atoms with Crippen molar-refractivity contribution >= 4 is 18.3 Å². The van der Waals surface area contributed by atoms with Crippen LogP contribution in [0, 0.1) is 11.2 Å². The van der Waals surface area contributed by atoms with Gasteiger partial charge in [0.1, 0.15) is 5.82 Å². The zero-order chi connectivity index (χ0) is 13.8. The van der Waals surface area contributed by atoms with E-state index in [-0.39, 0.29) is 29.5 Å². The summed E-state index contributed by atoms with van der Waals surface area (Å²) >= 11 is 0. The summed E-state index contributed by atoms with van der Waals surface area (Å²) in [5, 5.41) is 2.73. The highest BCUT2D eigenvalue weighted by Gasteiger charge is 2.26. The number of hydrogen-bond donors (Lipinski definition) is 2. The number of benzene rings is 1. The lowest BCUT2D eigenvalue weighted by molar-refractivity contribution is -0.124. The van der Waals surface area contributed by atoms with E-state index in [1.165, 1.54) is 6.07 Å². The first-order chi connectivity index (χ1) is 8.32. The highest BCUT2D eigenvalue weighted by Crippen LogP contribution is 2.17. The molecule has 19 heavy (non-hydrogen) atoms. The van der Waals surface area contributed by atoms with Crippen LogP contribution in [0.1, 0.15) is 26.3 Å². The Labute approximate surface area is 120 Å². The van der Waals surface area contributed by atoms with Gasteiger partial charge in [-0.1, -0.05) is 39.0 Å². The van der Waals surface area contributed by atoms with Crippen LogP contribution in [0.4, 0.5) is 4.39 Å². The summed E-state index contributed by atoms with van der Waals surface area (Å²) in [5.74, 6) is -0.439. The quantitative estimate of drug-likeness (QED) is 0.893. The first-order valence-electron chi connectivity index (χ1n) is 6.09. The summed E-state index contributed by atoms with van der Waals surface area (Å²) in [6, 6.07) is 6.00. The Morgan fingerprint density at radius 1 is 1.37 bits per heavy atom. The Kier molecular flexibility index (Phi) is 7.01. The zero-order valence-electron chi connectivity index (χ0n) is 11.6. The lowest BCUT2D eigenvalue weighted by atomic mass is 9.87. The number of rotatable bonds is 4. The molecule has 1 aromatic carbocycles. The molecule has 3 N–H and O–H groups in total. The van der Waals surface area contributed by atoms with Crippen LogP contribution in [0.25, 0.3) is 0 Å². The van der Waals surface area contributed by atoms with Gasteiger partial charge < -0.3 is 11.1 Å². The molecule has 1 amide bonds. The Hall–Kier alpha value is -1.13. The second-order valence-corrected chi connectivity index (χ2v) is 5.48. The average molecular weight is 289 g/mol. The van der Waals surface area contributed by atoms with Gasteiger partial charge in [0.15, 0.2) is 0 Å².